The Bertz CT molecular complexity index is 567. The molecule has 2 aromatic rings. The number of rotatable bonds is 2. The number of hydrogen-bond donors (Lipinski definition) is 1. The van der Waals surface area contributed by atoms with Crippen molar-refractivity contribution in [2.24, 2.45) is 0 Å². The van der Waals surface area contributed by atoms with E-state index in [0.717, 1.165) is 17.1 Å². The second kappa shape index (κ2) is 4.49. The molecule has 0 spiro atoms. The predicted molar refractivity (Wildman–Crippen MR) is 71.0 cm³/mol. The van der Waals surface area contributed by atoms with E-state index in [-0.39, 0.29) is 10.3 Å². The van der Waals surface area contributed by atoms with E-state index in [1.807, 2.05) is 24.3 Å². The number of carboxylic acid groups (broad SMARTS) is 1. The van der Waals surface area contributed by atoms with Crippen molar-refractivity contribution in [3.63, 3.8) is 0 Å². The molecule has 0 unspecified atom stereocenters. The van der Waals surface area contributed by atoms with Gasteiger partial charge in [0.1, 0.15) is 5.69 Å². The quantitative estimate of drug-likeness (QED) is 0.902. The first-order valence-electron chi connectivity index (χ1n) is 5.56. The molecule has 0 aliphatic rings. The molecule has 1 N–H and O–H groups in total. The van der Waals surface area contributed by atoms with Crippen LogP contribution in [0.2, 0.25) is 0 Å². The third-order valence-corrected chi connectivity index (χ3v) is 3.42. The van der Waals surface area contributed by atoms with Gasteiger partial charge < -0.3 is 5.11 Å². The predicted octanol–water partition coefficient (Wildman–Crippen LogP) is 3.20. The Morgan fingerprint density at radius 2 is 1.83 bits per heavy atom. The van der Waals surface area contributed by atoms with E-state index in [9.17, 15) is 4.79 Å². The zero-order valence-corrected chi connectivity index (χ0v) is 11.3. The van der Waals surface area contributed by atoms with Gasteiger partial charge in [-0.3, -0.25) is 0 Å². The van der Waals surface area contributed by atoms with Gasteiger partial charge in [-0.05, 0) is 22.5 Å². The molecule has 0 saturated heterocycles. The first-order valence-corrected chi connectivity index (χ1v) is 6.33. The van der Waals surface area contributed by atoms with Crippen LogP contribution in [-0.4, -0.2) is 20.7 Å². The molecule has 0 amide bonds. The number of carbonyl (C=O) groups is 1. The molecule has 0 fully saturated rings. The Morgan fingerprint density at radius 3 is 2.33 bits per heavy atom. The highest BCUT2D eigenvalue weighted by molar-refractivity contribution is 7.08. The molecule has 0 radical (unpaired) electrons. The summed E-state index contributed by atoms with van der Waals surface area (Å²) in [5.41, 5.74) is 2.50. The third-order valence-electron chi connectivity index (χ3n) is 2.71. The van der Waals surface area contributed by atoms with Crippen LogP contribution in [0.3, 0.4) is 0 Å². The molecular weight excluding hydrogens is 248 g/mol. The van der Waals surface area contributed by atoms with Crippen LogP contribution >= 0.6 is 11.5 Å². The van der Waals surface area contributed by atoms with Gasteiger partial charge in [0, 0.05) is 5.56 Å². The highest BCUT2D eigenvalue weighted by Crippen LogP contribution is 2.27. The Hall–Kier alpha value is -1.75. The molecule has 0 atom stereocenters. The standard InChI is InChI=1S/C13H14N2O2S/c1-13(2,3)9-6-4-8(5-7-9)10-11(12(16)17)18-15-14-10/h4-7H,1-3H3,(H,16,17). The first-order chi connectivity index (χ1) is 8.39. The van der Waals surface area contributed by atoms with E-state index < -0.39 is 5.97 Å². The number of benzene rings is 1. The zero-order chi connectivity index (χ0) is 13.3. The molecule has 4 nitrogen and oxygen atoms in total. The number of aromatic nitrogens is 2. The van der Waals surface area contributed by atoms with Crippen molar-refractivity contribution in [1.29, 1.82) is 0 Å². The van der Waals surface area contributed by atoms with E-state index in [0.29, 0.717) is 5.69 Å². The molecule has 5 heteroatoms. The number of nitrogens with zero attached hydrogens (tertiary/aromatic N) is 2. The lowest BCUT2D eigenvalue weighted by molar-refractivity contribution is 0.0702. The minimum Gasteiger partial charge on any atom is -0.477 e. The molecular formula is C13H14N2O2S. The normalized spacial score (nSPS) is 11.5. The van der Waals surface area contributed by atoms with Crippen LogP contribution < -0.4 is 0 Å². The summed E-state index contributed by atoms with van der Waals surface area (Å²) in [6.45, 7) is 6.40. The molecule has 94 valence electrons. The van der Waals surface area contributed by atoms with E-state index in [2.05, 4.69) is 30.4 Å². The monoisotopic (exact) mass is 262 g/mol. The van der Waals surface area contributed by atoms with Crippen molar-refractivity contribution in [3.05, 3.63) is 34.7 Å². The van der Waals surface area contributed by atoms with Crippen molar-refractivity contribution in [3.8, 4) is 11.3 Å². The van der Waals surface area contributed by atoms with Gasteiger partial charge in [-0.1, -0.05) is 49.5 Å². The lowest BCUT2D eigenvalue weighted by atomic mass is 9.86. The molecule has 0 bridgehead atoms. The third kappa shape index (κ3) is 2.41. The Balaban J connectivity index is 2.41. The topological polar surface area (TPSA) is 63.1 Å². The second-order valence-electron chi connectivity index (χ2n) is 5.08. The van der Waals surface area contributed by atoms with Gasteiger partial charge in [0.2, 0.25) is 0 Å². The van der Waals surface area contributed by atoms with Crippen molar-refractivity contribution in [1.82, 2.24) is 9.59 Å². The summed E-state index contributed by atoms with van der Waals surface area (Å²) >= 11 is 0.902. The Morgan fingerprint density at radius 1 is 1.22 bits per heavy atom. The first kappa shape index (κ1) is 12.7. The molecule has 0 aliphatic heterocycles. The second-order valence-corrected chi connectivity index (χ2v) is 5.84. The van der Waals surface area contributed by atoms with E-state index in [1.165, 1.54) is 5.56 Å². The SMILES string of the molecule is CC(C)(C)c1ccc(-c2nnsc2C(=O)O)cc1. The molecule has 1 heterocycles. The van der Waals surface area contributed by atoms with Gasteiger partial charge in [-0.2, -0.15) is 0 Å². The summed E-state index contributed by atoms with van der Waals surface area (Å²) in [6.07, 6.45) is 0. The molecule has 1 aromatic carbocycles. The van der Waals surface area contributed by atoms with Crippen molar-refractivity contribution in [2.45, 2.75) is 26.2 Å². The average Bonchev–Trinajstić information content (AvgIpc) is 2.77. The van der Waals surface area contributed by atoms with Crippen LogP contribution in [-0.2, 0) is 5.41 Å². The highest BCUT2D eigenvalue weighted by atomic mass is 32.1. The van der Waals surface area contributed by atoms with Crippen molar-refractivity contribution in [2.75, 3.05) is 0 Å². The van der Waals surface area contributed by atoms with Crippen LogP contribution in [0.1, 0.15) is 36.0 Å². The lowest BCUT2D eigenvalue weighted by Crippen LogP contribution is -2.10. The van der Waals surface area contributed by atoms with Crippen molar-refractivity contribution >= 4 is 17.5 Å². The maximum Gasteiger partial charge on any atom is 0.349 e. The Kier molecular flexibility index (Phi) is 3.17. The molecule has 18 heavy (non-hydrogen) atoms. The molecule has 2 rings (SSSR count). The fourth-order valence-corrected chi connectivity index (χ4v) is 2.18. The minimum absolute atomic E-state index is 0.0779. The van der Waals surface area contributed by atoms with Gasteiger partial charge in [0.05, 0.1) is 0 Å². The van der Waals surface area contributed by atoms with Gasteiger partial charge in [0.15, 0.2) is 4.88 Å². The summed E-state index contributed by atoms with van der Waals surface area (Å²) in [7, 11) is 0. The van der Waals surface area contributed by atoms with Crippen LogP contribution in [0.5, 0.6) is 0 Å². The largest absolute Gasteiger partial charge is 0.477 e. The Labute approximate surface area is 109 Å². The van der Waals surface area contributed by atoms with E-state index in [1.54, 1.807) is 0 Å². The van der Waals surface area contributed by atoms with Crippen LogP contribution in [0, 0.1) is 0 Å². The fraction of sp³-hybridized carbons (Fsp3) is 0.308. The summed E-state index contributed by atoms with van der Waals surface area (Å²) < 4.78 is 3.70. The number of hydrogen-bond acceptors (Lipinski definition) is 4. The van der Waals surface area contributed by atoms with Crippen LogP contribution in [0.4, 0.5) is 0 Å². The summed E-state index contributed by atoms with van der Waals surface area (Å²) in [5, 5.41) is 12.9. The fourth-order valence-electron chi connectivity index (χ4n) is 1.65. The summed E-state index contributed by atoms with van der Waals surface area (Å²) in [4.78, 5) is 11.2. The van der Waals surface area contributed by atoms with Crippen LogP contribution in [0.25, 0.3) is 11.3 Å². The summed E-state index contributed by atoms with van der Waals surface area (Å²) in [5.74, 6) is -0.986. The average molecular weight is 262 g/mol. The van der Waals surface area contributed by atoms with Gasteiger partial charge >= 0.3 is 5.97 Å². The van der Waals surface area contributed by atoms with Gasteiger partial charge in [-0.25, -0.2) is 4.79 Å². The van der Waals surface area contributed by atoms with E-state index >= 15 is 0 Å². The number of carboxylic acids is 1. The highest BCUT2D eigenvalue weighted by Gasteiger charge is 2.18. The maximum atomic E-state index is 11.0. The van der Waals surface area contributed by atoms with Gasteiger partial charge in [-0.15, -0.1) is 5.10 Å². The zero-order valence-electron chi connectivity index (χ0n) is 10.5. The molecule has 0 saturated carbocycles. The smallest absolute Gasteiger partial charge is 0.349 e. The van der Waals surface area contributed by atoms with Crippen molar-refractivity contribution < 1.29 is 9.90 Å². The van der Waals surface area contributed by atoms with E-state index in [4.69, 9.17) is 5.11 Å². The minimum atomic E-state index is -0.986. The molecule has 1 aromatic heterocycles. The summed E-state index contributed by atoms with van der Waals surface area (Å²) in [6, 6.07) is 7.79. The number of aromatic carboxylic acids is 1. The molecule has 0 aliphatic carbocycles. The van der Waals surface area contributed by atoms with Gasteiger partial charge in [0.25, 0.3) is 0 Å². The van der Waals surface area contributed by atoms with Crippen LogP contribution in [0.15, 0.2) is 24.3 Å². The maximum absolute atomic E-state index is 11.0. The lowest BCUT2D eigenvalue weighted by Gasteiger charge is -2.18.